The number of nitrogens with zero attached hydrogens (tertiary/aromatic N) is 9. The minimum Gasteiger partial charge on any atom is -0.307 e. The Morgan fingerprint density at radius 3 is 1.01 bits per heavy atom. The van der Waals surface area contributed by atoms with Crippen molar-refractivity contribution in [2.45, 2.75) is 0 Å². The summed E-state index contributed by atoms with van der Waals surface area (Å²) in [5.41, 5.74) is 10.6. The van der Waals surface area contributed by atoms with Crippen LogP contribution in [0.4, 0.5) is 8.78 Å². The van der Waals surface area contributed by atoms with E-state index >= 15 is 8.78 Å². The number of fused-ring (bicyclic) bond motifs is 6. The van der Waals surface area contributed by atoms with Gasteiger partial charge in [0.1, 0.15) is 11.6 Å². The summed E-state index contributed by atoms with van der Waals surface area (Å²) in [6.07, 6.45) is 0. The van der Waals surface area contributed by atoms with Crippen molar-refractivity contribution >= 4 is 43.6 Å². The molecule has 0 N–H and O–H groups in total. The molecule has 4 aromatic heterocycles. The molecule has 9 nitrogen and oxygen atoms in total. The Morgan fingerprint density at radius 1 is 0.295 bits per heavy atom. The molecule has 11 heteroatoms. The van der Waals surface area contributed by atoms with Crippen molar-refractivity contribution in [3.8, 4) is 96.9 Å². The minimum absolute atomic E-state index is 0.229. The van der Waals surface area contributed by atoms with Gasteiger partial charge in [0.2, 0.25) is 0 Å². The van der Waals surface area contributed by atoms with Gasteiger partial charge in [-0.05, 0) is 78.4 Å². The molecule has 0 spiro atoms. The maximum Gasteiger partial charge on any atom is 0.164 e. The van der Waals surface area contributed by atoms with Crippen molar-refractivity contribution in [1.29, 1.82) is 5.26 Å². The van der Waals surface area contributed by atoms with E-state index in [0.717, 1.165) is 83.1 Å². The molecular formula is C67H39F2N9. The molecule has 4 heterocycles. The van der Waals surface area contributed by atoms with Gasteiger partial charge >= 0.3 is 0 Å². The number of hydrogen-bond donors (Lipinski definition) is 0. The van der Waals surface area contributed by atoms with Gasteiger partial charge in [-0.1, -0.05) is 158 Å². The number of hydrogen-bond acceptors (Lipinski definition) is 7. The molecule has 78 heavy (non-hydrogen) atoms. The van der Waals surface area contributed by atoms with E-state index in [2.05, 4.69) is 63.7 Å². The van der Waals surface area contributed by atoms with E-state index in [-0.39, 0.29) is 11.1 Å². The Balaban J connectivity index is 1.01. The quantitative estimate of drug-likeness (QED) is 0.142. The molecule has 0 saturated carbocycles. The molecule has 0 unspecified atom stereocenters. The molecule has 0 aliphatic heterocycles. The zero-order valence-electron chi connectivity index (χ0n) is 41.3. The Bertz CT molecular complexity index is 4570. The Labute approximate surface area is 445 Å². The molecular weight excluding hydrogens is 969 g/mol. The van der Waals surface area contributed by atoms with Crippen molar-refractivity contribution in [2.75, 3.05) is 0 Å². The fraction of sp³-hybridized carbons (Fsp3) is 0. The topological polar surface area (TPSA) is 111 Å². The summed E-state index contributed by atoms with van der Waals surface area (Å²) in [6, 6.07) is 77.6. The number of aromatic nitrogens is 8. The highest BCUT2D eigenvalue weighted by Gasteiger charge is 2.25. The molecule has 0 fully saturated rings. The largest absolute Gasteiger partial charge is 0.307 e. The van der Waals surface area contributed by atoms with Crippen molar-refractivity contribution in [2.24, 2.45) is 0 Å². The van der Waals surface area contributed by atoms with Crippen molar-refractivity contribution < 1.29 is 8.78 Å². The predicted octanol–water partition coefficient (Wildman–Crippen LogP) is 16.1. The van der Waals surface area contributed by atoms with Crippen LogP contribution in [0.5, 0.6) is 0 Å². The number of rotatable bonds is 9. The smallest absolute Gasteiger partial charge is 0.164 e. The lowest BCUT2D eigenvalue weighted by molar-refractivity contribution is 0.584. The third kappa shape index (κ3) is 8.00. The average Bonchev–Trinajstić information content (AvgIpc) is 4.16. The monoisotopic (exact) mass is 1010 g/mol. The SMILES string of the molecule is N#Cc1cc(-n2c3ccccc3c3cc(-c4nc(-c5ccccc5)nc(-c5ccccc5)n4)ccc32)c(-n2c3ccccc3c3cc(-c4nc(-c5ccccc5)nc(-c5ccccc5)n4)ccc32)cc1-c1cc(F)cc(F)c1. The molecule has 0 saturated heterocycles. The van der Waals surface area contributed by atoms with E-state index in [1.807, 2.05) is 170 Å². The fourth-order valence-corrected chi connectivity index (χ4v) is 10.6. The first kappa shape index (κ1) is 45.8. The highest BCUT2D eigenvalue weighted by atomic mass is 19.1. The summed E-state index contributed by atoms with van der Waals surface area (Å²) in [4.78, 5) is 30.1. The summed E-state index contributed by atoms with van der Waals surface area (Å²) >= 11 is 0. The van der Waals surface area contributed by atoms with Crippen LogP contribution in [0.25, 0.3) is 134 Å². The van der Waals surface area contributed by atoms with E-state index in [1.54, 1.807) is 0 Å². The molecule has 0 aliphatic carbocycles. The van der Waals surface area contributed by atoms with Gasteiger partial charge in [-0.25, -0.2) is 38.7 Å². The van der Waals surface area contributed by atoms with Gasteiger partial charge in [-0.2, -0.15) is 5.26 Å². The lowest BCUT2D eigenvalue weighted by Crippen LogP contribution is -2.06. The maximum atomic E-state index is 15.2. The van der Waals surface area contributed by atoms with Gasteiger partial charge in [0.25, 0.3) is 0 Å². The lowest BCUT2D eigenvalue weighted by Gasteiger charge is -2.19. The van der Waals surface area contributed by atoms with Crippen molar-refractivity contribution in [3.05, 3.63) is 254 Å². The maximum absolute atomic E-state index is 15.2. The van der Waals surface area contributed by atoms with E-state index in [4.69, 9.17) is 29.9 Å². The van der Waals surface area contributed by atoms with Crippen molar-refractivity contribution in [1.82, 2.24) is 39.0 Å². The number of halogens is 2. The zero-order chi connectivity index (χ0) is 52.3. The van der Waals surface area contributed by atoms with Crippen LogP contribution < -0.4 is 0 Å². The molecule has 0 aliphatic rings. The fourth-order valence-electron chi connectivity index (χ4n) is 10.6. The van der Waals surface area contributed by atoms with Crippen molar-refractivity contribution in [3.63, 3.8) is 0 Å². The van der Waals surface area contributed by atoms with Crippen LogP contribution in [0.3, 0.4) is 0 Å². The van der Waals surface area contributed by atoms with Crippen LogP contribution in [0.15, 0.2) is 237 Å². The highest BCUT2D eigenvalue weighted by Crippen LogP contribution is 2.43. The van der Waals surface area contributed by atoms with E-state index in [1.165, 1.54) is 12.1 Å². The second-order valence-electron chi connectivity index (χ2n) is 18.9. The molecule has 14 aromatic rings. The summed E-state index contributed by atoms with van der Waals surface area (Å²) < 4.78 is 34.8. The summed E-state index contributed by atoms with van der Waals surface area (Å²) in [5, 5.41) is 14.8. The number of para-hydroxylation sites is 2. The van der Waals surface area contributed by atoms with Crippen LogP contribution >= 0.6 is 0 Å². The molecule has 14 rings (SSSR count). The molecule has 0 bridgehead atoms. The van der Waals surface area contributed by atoms with Gasteiger partial charge in [-0.3, -0.25) is 0 Å². The molecule has 0 atom stereocenters. The van der Waals surface area contributed by atoms with Gasteiger partial charge in [0.15, 0.2) is 34.9 Å². The van der Waals surface area contributed by atoms with Crippen LogP contribution in [0.1, 0.15) is 5.56 Å². The van der Waals surface area contributed by atoms with Gasteiger partial charge in [0, 0.05) is 66.6 Å². The normalized spacial score (nSPS) is 11.4. The zero-order valence-corrected chi connectivity index (χ0v) is 41.3. The van der Waals surface area contributed by atoms with Crippen LogP contribution in [-0.4, -0.2) is 39.0 Å². The Kier molecular flexibility index (Phi) is 11.0. The Morgan fingerprint density at radius 2 is 0.628 bits per heavy atom. The first-order valence-electron chi connectivity index (χ1n) is 25.3. The number of nitriles is 1. The summed E-state index contributed by atoms with van der Waals surface area (Å²) in [5.74, 6) is 1.70. The van der Waals surface area contributed by atoms with Crippen LogP contribution in [-0.2, 0) is 0 Å². The van der Waals surface area contributed by atoms with E-state index in [0.29, 0.717) is 51.9 Å². The molecule has 10 aromatic carbocycles. The predicted molar refractivity (Wildman–Crippen MR) is 305 cm³/mol. The third-order valence-corrected chi connectivity index (χ3v) is 14.2. The first-order chi connectivity index (χ1) is 38.4. The Hall–Kier alpha value is -10.8. The van der Waals surface area contributed by atoms with Gasteiger partial charge in [0.05, 0.1) is 45.1 Å². The molecule has 366 valence electrons. The van der Waals surface area contributed by atoms with Gasteiger partial charge in [-0.15, -0.1) is 0 Å². The van der Waals surface area contributed by atoms with E-state index < -0.39 is 11.6 Å². The summed E-state index contributed by atoms with van der Waals surface area (Å²) in [7, 11) is 0. The van der Waals surface area contributed by atoms with Crippen LogP contribution in [0.2, 0.25) is 0 Å². The first-order valence-corrected chi connectivity index (χ1v) is 25.3. The van der Waals surface area contributed by atoms with E-state index in [9.17, 15) is 5.26 Å². The minimum atomic E-state index is -0.753. The second kappa shape index (κ2) is 18.8. The standard InChI is InChI=1S/C67H39F2N9/c68-49-33-47(34-50(69)38-49)53-39-61(78-57-28-16-14-26-52(57)55-36-46(30-32-59(55)78)67-75-64(43-21-9-3-10-22-43)72-65(76-67)44-23-11-4-12-24-44)60(37-48(53)40-70)77-56-27-15-13-25-51(56)54-35-45(29-31-58(54)77)66-73-62(41-17-5-1-6-18-41)71-63(74-66)42-19-7-2-8-20-42/h1-39H. The average molecular weight is 1010 g/mol. The lowest BCUT2D eigenvalue weighted by atomic mass is 9.97. The highest BCUT2D eigenvalue weighted by molar-refractivity contribution is 6.13. The molecule has 0 amide bonds. The second-order valence-corrected chi connectivity index (χ2v) is 18.9. The summed E-state index contributed by atoms with van der Waals surface area (Å²) in [6.45, 7) is 0. The number of benzene rings is 10. The third-order valence-electron chi connectivity index (χ3n) is 14.2. The van der Waals surface area contributed by atoms with Gasteiger partial charge < -0.3 is 9.13 Å². The van der Waals surface area contributed by atoms with Crippen LogP contribution in [0, 0.1) is 23.0 Å². The molecule has 0 radical (unpaired) electrons.